The molecule has 1 amide bonds. The van der Waals surface area contributed by atoms with Gasteiger partial charge in [0.25, 0.3) is 5.91 Å². The number of nitrogens with two attached hydrogens (primary N) is 1. The summed E-state index contributed by atoms with van der Waals surface area (Å²) in [6, 6.07) is 7.49. The molecule has 0 fully saturated rings. The van der Waals surface area contributed by atoms with Gasteiger partial charge in [-0.2, -0.15) is 0 Å². The number of ether oxygens (including phenoxy) is 1. The molecule has 21 heavy (non-hydrogen) atoms. The van der Waals surface area contributed by atoms with Crippen molar-refractivity contribution in [3.05, 3.63) is 40.6 Å². The molecule has 1 aromatic heterocycles. The molecule has 0 aliphatic carbocycles. The van der Waals surface area contributed by atoms with Gasteiger partial charge < -0.3 is 15.0 Å². The van der Waals surface area contributed by atoms with Crippen LogP contribution in [0.25, 0.3) is 17.0 Å². The molecular formula is C15H15ClN2O3. The number of halogens is 1. The summed E-state index contributed by atoms with van der Waals surface area (Å²) in [5, 5.41) is 1.24. The zero-order valence-corrected chi connectivity index (χ0v) is 12.5. The van der Waals surface area contributed by atoms with E-state index < -0.39 is 11.9 Å². The van der Waals surface area contributed by atoms with Gasteiger partial charge >= 0.3 is 5.97 Å². The molecule has 0 aliphatic heterocycles. The fourth-order valence-corrected chi connectivity index (χ4v) is 2.36. The van der Waals surface area contributed by atoms with Crippen LogP contribution in [0.4, 0.5) is 0 Å². The monoisotopic (exact) mass is 306 g/mol. The summed E-state index contributed by atoms with van der Waals surface area (Å²) in [5.41, 5.74) is 6.49. The van der Waals surface area contributed by atoms with Gasteiger partial charge in [-0.25, -0.2) is 4.79 Å². The van der Waals surface area contributed by atoms with Crippen LogP contribution in [0.1, 0.15) is 12.5 Å². The maximum Gasteiger partial charge on any atom is 0.343 e. The number of benzene rings is 1. The Balaban J connectivity index is 2.65. The van der Waals surface area contributed by atoms with Crippen LogP contribution >= 0.6 is 11.6 Å². The van der Waals surface area contributed by atoms with E-state index in [1.54, 1.807) is 18.5 Å². The molecule has 0 atom stereocenters. The van der Waals surface area contributed by atoms with Crippen molar-refractivity contribution in [2.75, 3.05) is 6.61 Å². The molecule has 0 spiro atoms. The van der Waals surface area contributed by atoms with E-state index in [2.05, 4.69) is 0 Å². The Morgan fingerprint density at radius 3 is 2.67 bits per heavy atom. The van der Waals surface area contributed by atoms with E-state index >= 15 is 0 Å². The minimum atomic E-state index is -0.850. The van der Waals surface area contributed by atoms with Crippen LogP contribution in [0, 0.1) is 0 Å². The van der Waals surface area contributed by atoms with Crippen molar-refractivity contribution < 1.29 is 14.3 Å². The predicted octanol–water partition coefficient (Wildman–Crippen LogP) is 2.26. The van der Waals surface area contributed by atoms with Gasteiger partial charge in [0.2, 0.25) is 0 Å². The maximum atomic E-state index is 11.8. The molecule has 0 unspecified atom stereocenters. The van der Waals surface area contributed by atoms with Gasteiger partial charge in [0.15, 0.2) is 0 Å². The fraction of sp³-hybridized carbons (Fsp3) is 0.200. The number of para-hydroxylation sites is 1. The zero-order valence-electron chi connectivity index (χ0n) is 11.7. The van der Waals surface area contributed by atoms with E-state index in [0.29, 0.717) is 10.7 Å². The average molecular weight is 307 g/mol. The Morgan fingerprint density at radius 1 is 1.38 bits per heavy atom. The number of carbonyl (C=O) groups is 2. The number of nitrogens with zero attached hydrogens (tertiary/aromatic N) is 1. The summed E-state index contributed by atoms with van der Waals surface area (Å²) in [6.45, 7) is 1.81. The Bertz CT molecular complexity index is 747. The van der Waals surface area contributed by atoms with Crippen LogP contribution in [0.3, 0.4) is 0 Å². The molecule has 2 aromatic rings. The van der Waals surface area contributed by atoms with Crippen molar-refractivity contribution in [3.63, 3.8) is 0 Å². The summed E-state index contributed by atoms with van der Waals surface area (Å²) in [5.74, 6) is -1.61. The Morgan fingerprint density at radius 2 is 2.05 bits per heavy atom. The maximum absolute atomic E-state index is 11.8. The summed E-state index contributed by atoms with van der Waals surface area (Å²) < 4.78 is 6.61. The highest BCUT2D eigenvalue weighted by Gasteiger charge is 2.20. The number of fused-ring (bicyclic) bond motifs is 1. The summed E-state index contributed by atoms with van der Waals surface area (Å²) in [7, 11) is 1.80. The van der Waals surface area contributed by atoms with Crippen LogP contribution in [0.5, 0.6) is 0 Å². The lowest BCUT2D eigenvalue weighted by molar-refractivity contribution is -0.139. The van der Waals surface area contributed by atoms with Crippen molar-refractivity contribution >= 4 is 40.5 Å². The molecular weight excluding hydrogens is 292 g/mol. The third-order valence-electron chi connectivity index (χ3n) is 3.12. The largest absolute Gasteiger partial charge is 0.462 e. The number of amides is 1. The molecule has 0 saturated carbocycles. The van der Waals surface area contributed by atoms with E-state index in [9.17, 15) is 9.59 Å². The first-order valence-electron chi connectivity index (χ1n) is 6.38. The minimum absolute atomic E-state index is 0.159. The van der Waals surface area contributed by atoms with Gasteiger partial charge in [0.1, 0.15) is 10.7 Å². The van der Waals surface area contributed by atoms with Crippen molar-refractivity contribution in [2.45, 2.75) is 6.92 Å². The molecule has 110 valence electrons. The van der Waals surface area contributed by atoms with Crippen molar-refractivity contribution in [1.29, 1.82) is 0 Å². The van der Waals surface area contributed by atoms with Gasteiger partial charge in [-0.15, -0.1) is 0 Å². The third-order valence-corrected chi connectivity index (χ3v) is 3.58. The highest BCUT2D eigenvalue weighted by molar-refractivity contribution is 6.33. The highest BCUT2D eigenvalue weighted by Crippen LogP contribution is 2.30. The van der Waals surface area contributed by atoms with Crippen LogP contribution in [0.15, 0.2) is 29.8 Å². The highest BCUT2D eigenvalue weighted by atomic mass is 35.5. The van der Waals surface area contributed by atoms with Gasteiger partial charge in [-0.05, 0) is 19.1 Å². The molecule has 0 bridgehead atoms. The lowest BCUT2D eigenvalue weighted by Crippen LogP contribution is -2.22. The fourth-order valence-electron chi connectivity index (χ4n) is 2.11. The first-order chi connectivity index (χ1) is 9.97. The topological polar surface area (TPSA) is 74.3 Å². The van der Waals surface area contributed by atoms with Crippen LogP contribution in [-0.4, -0.2) is 23.1 Å². The second-order valence-corrected chi connectivity index (χ2v) is 4.78. The Kier molecular flexibility index (Phi) is 4.33. The molecule has 0 aliphatic rings. The van der Waals surface area contributed by atoms with E-state index in [0.717, 1.165) is 10.9 Å². The molecule has 2 N–H and O–H groups in total. The molecule has 6 heteroatoms. The summed E-state index contributed by atoms with van der Waals surface area (Å²) in [6.07, 6.45) is 1.38. The smallest absolute Gasteiger partial charge is 0.343 e. The molecule has 2 rings (SSSR count). The van der Waals surface area contributed by atoms with Crippen LogP contribution in [0.2, 0.25) is 5.15 Å². The van der Waals surface area contributed by atoms with E-state index in [-0.39, 0.29) is 12.2 Å². The first kappa shape index (κ1) is 15.1. The SMILES string of the molecule is CCOC(=O)/C(=C/c1c(Cl)n(C)c2ccccc12)C(N)=O. The predicted molar refractivity (Wildman–Crippen MR) is 81.7 cm³/mol. The van der Waals surface area contributed by atoms with Gasteiger partial charge in [-0.1, -0.05) is 29.8 Å². The molecule has 0 radical (unpaired) electrons. The second-order valence-electron chi connectivity index (χ2n) is 4.42. The van der Waals surface area contributed by atoms with Gasteiger partial charge in [0, 0.05) is 23.5 Å². The Labute approximate surface area is 126 Å². The quantitative estimate of drug-likeness (QED) is 0.407. The van der Waals surface area contributed by atoms with Crippen LogP contribution < -0.4 is 5.73 Å². The standard InChI is InChI=1S/C15H15ClN2O3/c1-3-21-15(20)11(14(17)19)8-10-9-6-4-5-7-12(9)18(2)13(10)16/h4-8H,3H2,1-2H3,(H2,17,19)/b11-8+. The number of hydrogen-bond donors (Lipinski definition) is 1. The number of rotatable bonds is 4. The Hall–Kier alpha value is -2.27. The zero-order chi connectivity index (χ0) is 15.6. The number of carbonyl (C=O) groups excluding carboxylic acids is 2. The van der Waals surface area contributed by atoms with Crippen molar-refractivity contribution in [1.82, 2.24) is 4.57 Å². The van der Waals surface area contributed by atoms with E-state index in [1.807, 2.05) is 24.3 Å². The average Bonchev–Trinajstić information content (AvgIpc) is 2.69. The second kappa shape index (κ2) is 6.01. The number of primary amides is 1. The first-order valence-corrected chi connectivity index (χ1v) is 6.76. The molecule has 5 nitrogen and oxygen atoms in total. The molecule has 1 heterocycles. The van der Waals surface area contributed by atoms with Crippen molar-refractivity contribution in [2.24, 2.45) is 12.8 Å². The minimum Gasteiger partial charge on any atom is -0.462 e. The number of hydrogen-bond acceptors (Lipinski definition) is 3. The molecule has 0 saturated heterocycles. The normalized spacial score (nSPS) is 11.7. The summed E-state index contributed by atoms with van der Waals surface area (Å²) >= 11 is 6.28. The third kappa shape index (κ3) is 2.78. The number of aryl methyl sites for hydroxylation is 1. The lowest BCUT2D eigenvalue weighted by Gasteiger charge is -2.03. The van der Waals surface area contributed by atoms with Gasteiger partial charge in [-0.3, -0.25) is 4.79 Å². The van der Waals surface area contributed by atoms with E-state index in [4.69, 9.17) is 22.1 Å². The lowest BCUT2D eigenvalue weighted by atomic mass is 10.1. The summed E-state index contributed by atoms with van der Waals surface area (Å²) in [4.78, 5) is 23.3. The number of aromatic nitrogens is 1. The van der Waals surface area contributed by atoms with Crippen LogP contribution in [-0.2, 0) is 21.4 Å². The van der Waals surface area contributed by atoms with E-state index in [1.165, 1.54) is 6.08 Å². The number of esters is 1. The van der Waals surface area contributed by atoms with Gasteiger partial charge in [0.05, 0.1) is 6.61 Å². The molecule has 1 aromatic carbocycles. The van der Waals surface area contributed by atoms with Crippen molar-refractivity contribution in [3.8, 4) is 0 Å².